The summed E-state index contributed by atoms with van der Waals surface area (Å²) in [4.78, 5) is 25.5. The van der Waals surface area contributed by atoms with Gasteiger partial charge in [0.2, 0.25) is 0 Å². The van der Waals surface area contributed by atoms with E-state index in [0.29, 0.717) is 18.5 Å². The fourth-order valence-electron chi connectivity index (χ4n) is 2.89. The predicted molar refractivity (Wildman–Crippen MR) is 84.6 cm³/mol. The topological polar surface area (TPSA) is 66.8 Å². The number of rotatable bonds is 2. The Morgan fingerprint density at radius 3 is 2.91 bits per heavy atom. The van der Waals surface area contributed by atoms with E-state index in [0.717, 1.165) is 28.6 Å². The Morgan fingerprint density at radius 1 is 1.32 bits per heavy atom. The van der Waals surface area contributed by atoms with E-state index < -0.39 is 12.0 Å². The van der Waals surface area contributed by atoms with Crippen LogP contribution in [0.4, 0.5) is 0 Å². The van der Waals surface area contributed by atoms with Gasteiger partial charge in [-0.2, -0.15) is 0 Å². The molecule has 0 aliphatic carbocycles. The molecule has 1 N–H and O–H groups in total. The van der Waals surface area contributed by atoms with Crippen molar-refractivity contribution < 1.29 is 19.4 Å². The zero-order valence-corrected chi connectivity index (χ0v) is 13.5. The fourth-order valence-corrected chi connectivity index (χ4v) is 3.27. The minimum Gasteiger partial charge on any atom is -0.488 e. The molecule has 116 valence electrons. The first kappa shape index (κ1) is 15.1. The molecule has 1 aromatic rings. The highest BCUT2D eigenvalue weighted by Crippen LogP contribution is 2.30. The van der Waals surface area contributed by atoms with Crippen LogP contribution < -0.4 is 4.74 Å². The van der Waals surface area contributed by atoms with Gasteiger partial charge in [-0.15, -0.1) is 0 Å². The van der Waals surface area contributed by atoms with E-state index in [1.807, 2.05) is 18.2 Å². The second-order valence-electron chi connectivity index (χ2n) is 5.49. The van der Waals surface area contributed by atoms with E-state index in [4.69, 9.17) is 4.74 Å². The van der Waals surface area contributed by atoms with E-state index >= 15 is 0 Å². The highest BCUT2D eigenvalue weighted by Gasteiger charge is 2.34. The Labute approximate surface area is 136 Å². The molecule has 2 aliphatic heterocycles. The van der Waals surface area contributed by atoms with E-state index in [2.05, 4.69) is 15.9 Å². The van der Waals surface area contributed by atoms with Crippen LogP contribution >= 0.6 is 15.9 Å². The number of carboxylic acids is 1. The smallest absolute Gasteiger partial charge is 0.326 e. The van der Waals surface area contributed by atoms with Gasteiger partial charge >= 0.3 is 5.97 Å². The number of hydrogen-bond acceptors (Lipinski definition) is 3. The van der Waals surface area contributed by atoms with Gasteiger partial charge in [-0.25, -0.2) is 4.79 Å². The van der Waals surface area contributed by atoms with Crippen molar-refractivity contribution in [2.24, 2.45) is 0 Å². The van der Waals surface area contributed by atoms with Gasteiger partial charge in [-0.3, -0.25) is 4.79 Å². The summed E-state index contributed by atoms with van der Waals surface area (Å²) in [6, 6.07) is 4.88. The molecule has 2 heterocycles. The van der Waals surface area contributed by atoms with Gasteiger partial charge in [0.25, 0.3) is 5.91 Å². The quantitative estimate of drug-likeness (QED) is 0.874. The monoisotopic (exact) mass is 365 g/mol. The van der Waals surface area contributed by atoms with Crippen LogP contribution in [0.5, 0.6) is 5.75 Å². The number of amides is 1. The Hall–Kier alpha value is -1.82. The van der Waals surface area contributed by atoms with E-state index in [1.54, 1.807) is 6.08 Å². The molecule has 0 radical (unpaired) electrons. The van der Waals surface area contributed by atoms with Crippen LogP contribution in [0.25, 0.3) is 6.08 Å². The first-order valence-electron chi connectivity index (χ1n) is 7.23. The standard InChI is InChI=1S/C16H16BrNO4/c17-12-4-5-14-10(8-12)7-11(9-22-14)15(19)18-6-2-1-3-13(18)16(20)21/h4-5,7-8,13H,1-3,6,9H2,(H,20,21). The lowest BCUT2D eigenvalue weighted by atomic mass is 9.99. The number of nitrogens with zero attached hydrogens (tertiary/aromatic N) is 1. The summed E-state index contributed by atoms with van der Waals surface area (Å²) < 4.78 is 6.52. The summed E-state index contributed by atoms with van der Waals surface area (Å²) in [5, 5.41) is 9.30. The first-order chi connectivity index (χ1) is 10.6. The molecule has 5 nitrogen and oxygen atoms in total. The van der Waals surface area contributed by atoms with Crippen molar-refractivity contribution in [3.05, 3.63) is 33.8 Å². The second kappa shape index (κ2) is 6.12. The first-order valence-corrected chi connectivity index (χ1v) is 8.02. The van der Waals surface area contributed by atoms with Gasteiger partial charge in [0.1, 0.15) is 18.4 Å². The van der Waals surface area contributed by atoms with Crippen molar-refractivity contribution in [3.8, 4) is 5.75 Å². The Kier molecular flexibility index (Phi) is 4.20. The zero-order valence-electron chi connectivity index (χ0n) is 11.9. The highest BCUT2D eigenvalue weighted by molar-refractivity contribution is 9.10. The zero-order chi connectivity index (χ0) is 15.7. The van der Waals surface area contributed by atoms with Crippen LogP contribution in [0, 0.1) is 0 Å². The third kappa shape index (κ3) is 2.88. The molecule has 1 atom stereocenters. The van der Waals surface area contributed by atoms with Gasteiger partial charge in [-0.1, -0.05) is 15.9 Å². The van der Waals surface area contributed by atoms with Crippen molar-refractivity contribution in [1.82, 2.24) is 4.90 Å². The molecule has 1 amide bonds. The summed E-state index contributed by atoms with van der Waals surface area (Å²) in [7, 11) is 0. The molecule has 22 heavy (non-hydrogen) atoms. The van der Waals surface area contributed by atoms with E-state index in [1.165, 1.54) is 4.90 Å². The number of piperidine rings is 1. The summed E-state index contributed by atoms with van der Waals surface area (Å²) in [5.74, 6) is -0.445. The number of fused-ring (bicyclic) bond motifs is 1. The number of likely N-dealkylation sites (tertiary alicyclic amines) is 1. The Morgan fingerprint density at radius 2 is 2.14 bits per heavy atom. The lowest BCUT2D eigenvalue weighted by Crippen LogP contribution is -2.49. The molecule has 0 aromatic heterocycles. The van der Waals surface area contributed by atoms with Crippen LogP contribution in [-0.4, -0.2) is 41.1 Å². The molecular weight excluding hydrogens is 350 g/mol. The third-order valence-electron chi connectivity index (χ3n) is 4.01. The summed E-state index contributed by atoms with van der Waals surface area (Å²) >= 11 is 3.39. The lowest BCUT2D eigenvalue weighted by Gasteiger charge is -2.34. The summed E-state index contributed by atoms with van der Waals surface area (Å²) in [6.45, 7) is 0.661. The molecular formula is C16H16BrNO4. The molecule has 1 saturated heterocycles. The average molecular weight is 366 g/mol. The van der Waals surface area contributed by atoms with Gasteiger partial charge < -0.3 is 14.7 Å². The minimum absolute atomic E-state index is 0.177. The van der Waals surface area contributed by atoms with Crippen molar-refractivity contribution in [3.63, 3.8) is 0 Å². The molecule has 6 heteroatoms. The molecule has 0 bridgehead atoms. The van der Waals surface area contributed by atoms with Gasteiger partial charge in [0, 0.05) is 16.6 Å². The van der Waals surface area contributed by atoms with E-state index in [-0.39, 0.29) is 12.5 Å². The molecule has 2 aliphatic rings. The van der Waals surface area contributed by atoms with Crippen LogP contribution in [0.15, 0.2) is 28.2 Å². The summed E-state index contributed by atoms with van der Waals surface area (Å²) in [5.41, 5.74) is 1.33. The van der Waals surface area contributed by atoms with Gasteiger partial charge in [0.15, 0.2) is 0 Å². The van der Waals surface area contributed by atoms with Gasteiger partial charge in [0.05, 0.1) is 5.57 Å². The van der Waals surface area contributed by atoms with Crippen molar-refractivity contribution in [1.29, 1.82) is 0 Å². The Bertz CT molecular complexity index is 656. The SMILES string of the molecule is O=C(O)C1CCCCN1C(=O)C1=Cc2cc(Br)ccc2OC1. The number of carbonyl (C=O) groups is 2. The number of ether oxygens (including phenoxy) is 1. The van der Waals surface area contributed by atoms with Crippen LogP contribution in [-0.2, 0) is 9.59 Å². The maximum atomic E-state index is 12.7. The molecule has 1 aromatic carbocycles. The van der Waals surface area contributed by atoms with Crippen molar-refractivity contribution in [2.75, 3.05) is 13.2 Å². The molecule has 0 spiro atoms. The largest absolute Gasteiger partial charge is 0.488 e. The maximum Gasteiger partial charge on any atom is 0.326 e. The fraction of sp³-hybridized carbons (Fsp3) is 0.375. The molecule has 1 fully saturated rings. The number of benzene rings is 1. The van der Waals surface area contributed by atoms with E-state index in [9.17, 15) is 14.7 Å². The van der Waals surface area contributed by atoms with Crippen molar-refractivity contribution >= 4 is 33.9 Å². The number of halogens is 1. The van der Waals surface area contributed by atoms with Crippen molar-refractivity contribution in [2.45, 2.75) is 25.3 Å². The minimum atomic E-state index is -0.937. The predicted octanol–water partition coefficient (Wildman–Crippen LogP) is 2.69. The average Bonchev–Trinajstić information content (AvgIpc) is 2.53. The second-order valence-corrected chi connectivity index (χ2v) is 6.40. The molecule has 3 rings (SSSR count). The van der Waals surface area contributed by atoms with Crippen LogP contribution in [0.3, 0.4) is 0 Å². The Balaban J connectivity index is 1.87. The normalized spacial score (nSPS) is 20.7. The highest BCUT2D eigenvalue weighted by atomic mass is 79.9. The van der Waals surface area contributed by atoms with Gasteiger partial charge in [-0.05, 0) is 43.5 Å². The number of aliphatic carboxylic acids is 1. The number of carbonyl (C=O) groups excluding carboxylic acids is 1. The number of carboxylic acid groups (broad SMARTS) is 1. The molecule has 0 saturated carbocycles. The maximum absolute atomic E-state index is 12.7. The summed E-state index contributed by atoms with van der Waals surface area (Å²) in [6.07, 6.45) is 3.98. The van der Waals surface area contributed by atoms with Crippen LogP contribution in [0.1, 0.15) is 24.8 Å². The lowest BCUT2D eigenvalue weighted by molar-refractivity contribution is -0.150. The molecule has 1 unspecified atom stereocenters. The van der Waals surface area contributed by atoms with Crippen LogP contribution in [0.2, 0.25) is 0 Å². The number of hydrogen-bond donors (Lipinski definition) is 1. The third-order valence-corrected chi connectivity index (χ3v) is 4.50.